The molecule has 0 spiro atoms. The molecule has 1 heterocycles. The third-order valence-corrected chi connectivity index (χ3v) is 3.59. The van der Waals surface area contributed by atoms with Crippen LogP contribution in [0.1, 0.15) is 26.7 Å². The van der Waals surface area contributed by atoms with Gasteiger partial charge < -0.3 is 14.6 Å². The monoisotopic (exact) mass is 316 g/mol. The van der Waals surface area contributed by atoms with Gasteiger partial charge in [0.05, 0.1) is 25.9 Å². The van der Waals surface area contributed by atoms with E-state index in [9.17, 15) is 14.7 Å². The zero-order chi connectivity index (χ0) is 16.5. The van der Waals surface area contributed by atoms with E-state index in [2.05, 4.69) is 0 Å². The lowest BCUT2D eigenvalue weighted by Crippen LogP contribution is -2.45. The summed E-state index contributed by atoms with van der Waals surface area (Å²) in [5.41, 5.74) is 0. The molecule has 128 valence electrons. The molecule has 2 unspecified atom stereocenters. The van der Waals surface area contributed by atoms with Gasteiger partial charge in [0.15, 0.2) is 0 Å². The Morgan fingerprint density at radius 2 is 2.00 bits per heavy atom. The summed E-state index contributed by atoms with van der Waals surface area (Å²) in [6.45, 7) is 5.94. The van der Waals surface area contributed by atoms with Crippen LogP contribution in [-0.2, 0) is 19.1 Å². The molecule has 2 atom stereocenters. The van der Waals surface area contributed by atoms with E-state index in [1.165, 1.54) is 0 Å². The highest BCUT2D eigenvalue weighted by Gasteiger charge is 2.32. The first-order valence-electron chi connectivity index (χ1n) is 7.90. The third-order valence-electron chi connectivity index (χ3n) is 3.59. The molecular weight excluding hydrogens is 288 g/mol. The second kappa shape index (κ2) is 9.76. The number of hydrogen-bond donors (Lipinski definition) is 1. The van der Waals surface area contributed by atoms with Crippen LogP contribution in [0, 0.1) is 0 Å². The molecule has 22 heavy (non-hydrogen) atoms. The quantitative estimate of drug-likeness (QED) is 0.594. The standard InChI is InChI=1S/C15H28N2O5/c1-4-21-14(19)11-16(3)9-12(18)10-17-8-6-7-13(17)15(20)22-5-2/h12-13,18H,4-11H2,1-3H3. The predicted molar refractivity (Wildman–Crippen MR) is 81.4 cm³/mol. The third kappa shape index (κ3) is 6.29. The smallest absolute Gasteiger partial charge is 0.323 e. The fraction of sp³-hybridized carbons (Fsp3) is 0.867. The molecule has 0 aromatic rings. The highest BCUT2D eigenvalue weighted by Crippen LogP contribution is 2.18. The van der Waals surface area contributed by atoms with Crippen LogP contribution in [0.15, 0.2) is 0 Å². The number of esters is 2. The lowest BCUT2D eigenvalue weighted by Gasteiger charge is -2.27. The van der Waals surface area contributed by atoms with Crippen molar-refractivity contribution in [2.45, 2.75) is 38.8 Å². The number of ether oxygens (including phenoxy) is 2. The van der Waals surface area contributed by atoms with Crippen molar-refractivity contribution in [1.29, 1.82) is 0 Å². The Kier molecular flexibility index (Phi) is 8.37. The molecule has 1 rings (SSSR count). The van der Waals surface area contributed by atoms with Crippen molar-refractivity contribution < 1.29 is 24.2 Å². The Hall–Kier alpha value is -1.18. The Labute approximate surface area is 132 Å². The topological polar surface area (TPSA) is 79.3 Å². The fourth-order valence-electron chi connectivity index (χ4n) is 2.73. The van der Waals surface area contributed by atoms with E-state index < -0.39 is 6.10 Å². The molecule has 0 radical (unpaired) electrons. The van der Waals surface area contributed by atoms with Crippen molar-refractivity contribution >= 4 is 11.9 Å². The molecule has 1 aliphatic heterocycles. The van der Waals surface area contributed by atoms with Crippen LogP contribution in [0.25, 0.3) is 0 Å². The summed E-state index contributed by atoms with van der Waals surface area (Å²) >= 11 is 0. The van der Waals surface area contributed by atoms with Gasteiger partial charge in [-0.15, -0.1) is 0 Å². The average molecular weight is 316 g/mol. The van der Waals surface area contributed by atoms with Gasteiger partial charge in [-0.25, -0.2) is 0 Å². The molecule has 1 N–H and O–H groups in total. The lowest BCUT2D eigenvalue weighted by molar-refractivity contribution is -0.148. The molecule has 7 heteroatoms. The van der Waals surface area contributed by atoms with E-state index in [0.717, 1.165) is 19.4 Å². The summed E-state index contributed by atoms with van der Waals surface area (Å²) in [4.78, 5) is 26.9. The second-order valence-corrected chi connectivity index (χ2v) is 5.56. The van der Waals surface area contributed by atoms with Crippen LogP contribution in [0.4, 0.5) is 0 Å². The zero-order valence-electron chi connectivity index (χ0n) is 13.8. The normalized spacial score (nSPS) is 20.1. The first-order chi connectivity index (χ1) is 10.5. The summed E-state index contributed by atoms with van der Waals surface area (Å²) in [6, 6.07) is -0.259. The van der Waals surface area contributed by atoms with Crippen LogP contribution in [0.3, 0.4) is 0 Å². The van der Waals surface area contributed by atoms with Crippen molar-refractivity contribution in [2.24, 2.45) is 0 Å². The van der Waals surface area contributed by atoms with Crippen molar-refractivity contribution in [3.05, 3.63) is 0 Å². The van der Waals surface area contributed by atoms with Gasteiger partial charge in [0.25, 0.3) is 0 Å². The Morgan fingerprint density at radius 3 is 2.64 bits per heavy atom. The number of rotatable bonds is 9. The summed E-state index contributed by atoms with van der Waals surface area (Å²) < 4.78 is 9.93. The van der Waals surface area contributed by atoms with Crippen LogP contribution in [-0.4, -0.2) is 85.4 Å². The molecule has 7 nitrogen and oxygen atoms in total. The minimum absolute atomic E-state index is 0.145. The van der Waals surface area contributed by atoms with Crippen molar-refractivity contribution in [3.8, 4) is 0 Å². The zero-order valence-corrected chi connectivity index (χ0v) is 13.8. The Balaban J connectivity index is 2.38. The first-order valence-corrected chi connectivity index (χ1v) is 7.90. The largest absolute Gasteiger partial charge is 0.465 e. The van der Waals surface area contributed by atoms with E-state index in [0.29, 0.717) is 26.3 Å². The van der Waals surface area contributed by atoms with Gasteiger partial charge in [-0.2, -0.15) is 0 Å². The molecule has 0 aliphatic carbocycles. The predicted octanol–water partition coefficient (Wildman–Crippen LogP) is -0.130. The van der Waals surface area contributed by atoms with E-state index in [1.807, 2.05) is 4.90 Å². The Morgan fingerprint density at radius 1 is 1.32 bits per heavy atom. The number of β-amino-alcohol motifs (C(OH)–C–C–N with tert-alkyl or cyclic N) is 1. The van der Waals surface area contributed by atoms with Crippen LogP contribution in [0.2, 0.25) is 0 Å². The molecule has 1 aliphatic rings. The molecule has 1 saturated heterocycles. The molecular formula is C15H28N2O5. The molecule has 0 saturated carbocycles. The molecule has 0 aromatic heterocycles. The molecule has 0 aromatic carbocycles. The minimum Gasteiger partial charge on any atom is -0.465 e. The van der Waals surface area contributed by atoms with Gasteiger partial charge in [0, 0.05) is 13.1 Å². The van der Waals surface area contributed by atoms with Crippen LogP contribution >= 0.6 is 0 Å². The van der Waals surface area contributed by atoms with Gasteiger partial charge in [-0.3, -0.25) is 19.4 Å². The van der Waals surface area contributed by atoms with Gasteiger partial charge >= 0.3 is 11.9 Å². The van der Waals surface area contributed by atoms with Crippen molar-refractivity contribution in [2.75, 3.05) is 46.4 Å². The van der Waals surface area contributed by atoms with Crippen molar-refractivity contribution in [1.82, 2.24) is 9.80 Å². The number of hydrogen-bond acceptors (Lipinski definition) is 7. The summed E-state index contributed by atoms with van der Waals surface area (Å²) in [5, 5.41) is 10.2. The SMILES string of the molecule is CCOC(=O)CN(C)CC(O)CN1CCCC1C(=O)OCC. The number of aliphatic hydroxyl groups is 1. The number of nitrogens with zero attached hydrogens (tertiary/aromatic N) is 2. The number of carbonyl (C=O) groups is 2. The summed E-state index contributed by atoms with van der Waals surface area (Å²) in [7, 11) is 1.76. The number of likely N-dealkylation sites (N-methyl/N-ethyl adjacent to an activating group) is 1. The maximum atomic E-state index is 11.9. The second-order valence-electron chi connectivity index (χ2n) is 5.56. The summed E-state index contributed by atoms with van der Waals surface area (Å²) in [5.74, 6) is -0.519. The van der Waals surface area contributed by atoms with Crippen LogP contribution in [0.5, 0.6) is 0 Å². The van der Waals surface area contributed by atoms with Gasteiger partial charge in [0.2, 0.25) is 0 Å². The average Bonchev–Trinajstić information content (AvgIpc) is 2.86. The highest BCUT2D eigenvalue weighted by molar-refractivity contribution is 5.76. The van der Waals surface area contributed by atoms with E-state index in [-0.39, 0.29) is 24.5 Å². The van der Waals surface area contributed by atoms with Gasteiger partial charge in [-0.1, -0.05) is 0 Å². The van der Waals surface area contributed by atoms with Gasteiger partial charge in [0.1, 0.15) is 6.04 Å². The van der Waals surface area contributed by atoms with Crippen molar-refractivity contribution in [3.63, 3.8) is 0 Å². The molecule has 0 amide bonds. The Bertz CT molecular complexity index is 364. The van der Waals surface area contributed by atoms with E-state index in [4.69, 9.17) is 9.47 Å². The van der Waals surface area contributed by atoms with Gasteiger partial charge in [-0.05, 0) is 40.3 Å². The highest BCUT2D eigenvalue weighted by atomic mass is 16.5. The number of likely N-dealkylation sites (tertiary alicyclic amines) is 1. The molecule has 1 fully saturated rings. The lowest BCUT2D eigenvalue weighted by atomic mass is 10.2. The first kappa shape index (κ1) is 18.9. The summed E-state index contributed by atoms with van der Waals surface area (Å²) in [6.07, 6.45) is 1.06. The number of aliphatic hydroxyl groups excluding tert-OH is 1. The fourth-order valence-corrected chi connectivity index (χ4v) is 2.73. The van der Waals surface area contributed by atoms with E-state index >= 15 is 0 Å². The van der Waals surface area contributed by atoms with Crippen LogP contribution < -0.4 is 0 Å². The number of carbonyl (C=O) groups excluding carboxylic acids is 2. The van der Waals surface area contributed by atoms with E-state index in [1.54, 1.807) is 25.8 Å². The maximum absolute atomic E-state index is 11.9. The molecule has 0 bridgehead atoms. The maximum Gasteiger partial charge on any atom is 0.323 e. The minimum atomic E-state index is -0.630.